The van der Waals surface area contributed by atoms with Crippen LogP contribution in [0.3, 0.4) is 0 Å². The topological polar surface area (TPSA) is 225 Å². The number of hydrogen-bond donors (Lipinski definition) is 8. The van der Waals surface area contributed by atoms with Crippen LogP contribution in [0.15, 0.2) is 24.3 Å². The minimum absolute atomic E-state index is 0.0451. The molecular weight excluding hydrogens is 482 g/mol. The van der Waals surface area contributed by atoms with Gasteiger partial charge in [-0.3, -0.25) is 4.57 Å². The summed E-state index contributed by atoms with van der Waals surface area (Å²) in [6.45, 7) is 1.15. The molecule has 15 nitrogen and oxygen atoms in total. The lowest BCUT2D eigenvalue weighted by atomic mass is 9.99. The number of hydrogen-bond acceptors (Lipinski definition) is 14. The van der Waals surface area contributed by atoms with E-state index in [-0.39, 0.29) is 6.61 Å². The molecule has 0 bridgehead atoms. The molecule has 4 rings (SSSR count). The predicted molar refractivity (Wildman–Crippen MR) is 120 cm³/mol. The van der Waals surface area contributed by atoms with Crippen LogP contribution in [0, 0.1) is 0 Å². The molecule has 0 radical (unpaired) electrons. The van der Waals surface area contributed by atoms with E-state index < -0.39 is 68.5 Å². The second-order valence-electron chi connectivity index (χ2n) is 8.71. The molecule has 2 fully saturated rings. The molecule has 2 aromatic rings. The second kappa shape index (κ2) is 11.4. The van der Waals surface area contributed by atoms with Gasteiger partial charge in [0.2, 0.25) is 0 Å². The molecule has 36 heavy (non-hydrogen) atoms. The number of aliphatic hydroxyl groups excluding tert-OH is 7. The summed E-state index contributed by atoms with van der Waals surface area (Å²) in [7, 11) is 0. The largest absolute Gasteiger partial charge is 0.394 e. The highest BCUT2D eigenvalue weighted by Crippen LogP contribution is 2.32. The van der Waals surface area contributed by atoms with Crippen molar-refractivity contribution in [2.24, 2.45) is 0 Å². The van der Waals surface area contributed by atoms with Gasteiger partial charge in [0.05, 0.1) is 26.1 Å². The Morgan fingerprint density at radius 3 is 2.36 bits per heavy atom. The highest BCUT2D eigenvalue weighted by Gasteiger charge is 2.45. The van der Waals surface area contributed by atoms with Crippen LogP contribution in [-0.2, 0) is 14.2 Å². The maximum atomic E-state index is 10.3. The zero-order chi connectivity index (χ0) is 26.0. The molecular formula is C21H31N5O10. The van der Waals surface area contributed by atoms with Crippen LogP contribution in [0.25, 0.3) is 11.2 Å². The lowest BCUT2D eigenvalue weighted by molar-refractivity contribution is -0.299. The minimum Gasteiger partial charge on any atom is -0.394 e. The van der Waals surface area contributed by atoms with Gasteiger partial charge in [-0.1, -0.05) is 6.08 Å². The highest BCUT2D eigenvalue weighted by molar-refractivity contribution is 5.82. The molecule has 8 N–H and O–H groups in total. The number of nitrogens with one attached hydrogen (secondary N) is 1. The van der Waals surface area contributed by atoms with E-state index in [9.17, 15) is 35.7 Å². The summed E-state index contributed by atoms with van der Waals surface area (Å²) in [5.41, 5.74) is 1.51. The third-order valence-electron chi connectivity index (χ3n) is 6.19. The van der Waals surface area contributed by atoms with E-state index in [2.05, 4.69) is 20.3 Å². The number of ether oxygens (including phenoxy) is 3. The molecule has 2 aliphatic rings. The van der Waals surface area contributed by atoms with Crippen LogP contribution in [0.5, 0.6) is 0 Å². The Balaban J connectivity index is 1.36. The SMILES string of the molecule is C/C(=C\CNc1ncnc2c1ncn2[C@H]1O[C@@H](CO)[C@@H](O)[C@H]1O)CO[C@H]1O[C@@H](CO)[C@@H](O)[C@@H](O)[C@@H]1O. The molecule has 0 unspecified atom stereocenters. The van der Waals surface area contributed by atoms with Crippen molar-refractivity contribution in [3.8, 4) is 0 Å². The van der Waals surface area contributed by atoms with Gasteiger partial charge in [0.25, 0.3) is 0 Å². The standard InChI is InChI=1S/C21H31N5O10/c1-9(6-34-21-17(33)15(31)13(29)11(5-28)36-21)2-3-22-18-12-19(24-7-23-18)26(8-25-12)20-16(32)14(30)10(4-27)35-20/h2,7-8,10-11,13-17,20-21,27-33H,3-6H2,1H3,(H,22,23,24)/b9-2+/t10-,11-,13+,14+,15+,16+,17-,20-,21-/m0/s1. The monoisotopic (exact) mass is 513 g/mol. The van der Waals surface area contributed by atoms with Gasteiger partial charge in [-0.05, 0) is 12.5 Å². The Bertz CT molecular complexity index is 1050. The van der Waals surface area contributed by atoms with Crippen molar-refractivity contribution in [3.05, 3.63) is 24.3 Å². The molecule has 200 valence electrons. The Kier molecular flexibility index (Phi) is 8.46. The van der Waals surface area contributed by atoms with Gasteiger partial charge in [-0.2, -0.15) is 0 Å². The summed E-state index contributed by atoms with van der Waals surface area (Å²) in [6, 6.07) is 0. The second-order valence-corrected chi connectivity index (χ2v) is 8.71. The van der Waals surface area contributed by atoms with Crippen molar-refractivity contribution in [1.82, 2.24) is 19.5 Å². The fourth-order valence-corrected chi connectivity index (χ4v) is 4.08. The first-order chi connectivity index (χ1) is 17.3. The summed E-state index contributed by atoms with van der Waals surface area (Å²) in [4.78, 5) is 12.7. The molecule has 0 saturated carbocycles. The number of rotatable bonds is 9. The van der Waals surface area contributed by atoms with Crippen LogP contribution in [-0.4, -0.2) is 131 Å². The van der Waals surface area contributed by atoms with Crippen LogP contribution in [0.2, 0.25) is 0 Å². The average Bonchev–Trinajstić information content (AvgIpc) is 3.43. The van der Waals surface area contributed by atoms with E-state index in [0.717, 1.165) is 5.57 Å². The number of fused-ring (bicyclic) bond motifs is 1. The Morgan fingerprint density at radius 2 is 1.67 bits per heavy atom. The van der Waals surface area contributed by atoms with Gasteiger partial charge >= 0.3 is 0 Å². The molecule has 2 saturated heterocycles. The summed E-state index contributed by atoms with van der Waals surface area (Å²) >= 11 is 0. The number of anilines is 1. The summed E-state index contributed by atoms with van der Waals surface area (Å²) in [6.07, 6.45) is -6.66. The molecule has 0 aliphatic carbocycles. The summed E-state index contributed by atoms with van der Waals surface area (Å²) < 4.78 is 17.8. The maximum Gasteiger partial charge on any atom is 0.187 e. The third-order valence-corrected chi connectivity index (χ3v) is 6.19. The molecule has 2 aromatic heterocycles. The van der Waals surface area contributed by atoms with Crippen molar-refractivity contribution >= 4 is 17.0 Å². The highest BCUT2D eigenvalue weighted by atomic mass is 16.7. The van der Waals surface area contributed by atoms with Gasteiger partial charge in [0.15, 0.2) is 29.5 Å². The molecule has 0 spiro atoms. The Labute approximate surface area is 205 Å². The minimum atomic E-state index is -1.51. The first-order valence-corrected chi connectivity index (χ1v) is 11.4. The van der Waals surface area contributed by atoms with Gasteiger partial charge in [0.1, 0.15) is 49.1 Å². The lowest BCUT2D eigenvalue weighted by Crippen LogP contribution is -2.59. The van der Waals surface area contributed by atoms with Crippen LogP contribution >= 0.6 is 0 Å². The summed E-state index contributed by atoms with van der Waals surface area (Å²) in [5, 5.41) is 71.7. The molecule has 4 heterocycles. The first kappa shape index (κ1) is 26.7. The molecule has 9 atom stereocenters. The van der Waals surface area contributed by atoms with E-state index in [0.29, 0.717) is 23.5 Å². The molecule has 15 heteroatoms. The van der Waals surface area contributed by atoms with Crippen LogP contribution < -0.4 is 5.32 Å². The number of imidazole rings is 1. The molecule has 0 amide bonds. The summed E-state index contributed by atoms with van der Waals surface area (Å²) in [5.74, 6) is 0.407. The predicted octanol–water partition coefficient (Wildman–Crippen LogP) is -3.39. The zero-order valence-electron chi connectivity index (χ0n) is 19.4. The number of nitrogens with zero attached hydrogens (tertiary/aromatic N) is 4. The lowest BCUT2D eigenvalue weighted by Gasteiger charge is -2.39. The van der Waals surface area contributed by atoms with E-state index in [1.807, 2.05) is 0 Å². The number of aliphatic hydroxyl groups is 7. The van der Waals surface area contributed by atoms with E-state index in [1.165, 1.54) is 17.2 Å². The Morgan fingerprint density at radius 1 is 0.972 bits per heavy atom. The van der Waals surface area contributed by atoms with Gasteiger partial charge < -0.3 is 55.3 Å². The Hall–Kier alpha value is -2.31. The van der Waals surface area contributed by atoms with Crippen LogP contribution in [0.1, 0.15) is 13.2 Å². The quantitative estimate of drug-likeness (QED) is 0.153. The van der Waals surface area contributed by atoms with Crippen molar-refractivity contribution < 1.29 is 50.0 Å². The molecule has 0 aromatic carbocycles. The van der Waals surface area contributed by atoms with E-state index >= 15 is 0 Å². The van der Waals surface area contributed by atoms with Gasteiger partial charge in [-0.25, -0.2) is 15.0 Å². The zero-order valence-corrected chi connectivity index (χ0v) is 19.4. The van der Waals surface area contributed by atoms with Crippen molar-refractivity contribution in [1.29, 1.82) is 0 Å². The third kappa shape index (κ3) is 5.21. The van der Waals surface area contributed by atoms with Crippen molar-refractivity contribution in [3.63, 3.8) is 0 Å². The number of aromatic nitrogens is 4. The fraction of sp³-hybridized carbons (Fsp3) is 0.667. The van der Waals surface area contributed by atoms with Gasteiger partial charge in [-0.15, -0.1) is 0 Å². The average molecular weight is 514 g/mol. The van der Waals surface area contributed by atoms with Gasteiger partial charge in [0, 0.05) is 6.54 Å². The first-order valence-electron chi connectivity index (χ1n) is 11.4. The molecule has 2 aliphatic heterocycles. The van der Waals surface area contributed by atoms with Crippen molar-refractivity contribution in [2.45, 2.75) is 62.2 Å². The van der Waals surface area contributed by atoms with E-state index in [4.69, 9.17) is 14.2 Å². The van der Waals surface area contributed by atoms with Crippen LogP contribution in [0.4, 0.5) is 5.82 Å². The van der Waals surface area contributed by atoms with Crippen molar-refractivity contribution in [2.75, 3.05) is 31.7 Å². The maximum absolute atomic E-state index is 10.3. The fourth-order valence-electron chi connectivity index (χ4n) is 4.08. The normalized spacial score (nSPS) is 35.4. The van der Waals surface area contributed by atoms with E-state index in [1.54, 1.807) is 13.0 Å². The smallest absolute Gasteiger partial charge is 0.187 e.